The summed E-state index contributed by atoms with van der Waals surface area (Å²) in [5.41, 5.74) is 8.88. The molecule has 1 aliphatic heterocycles. The van der Waals surface area contributed by atoms with Gasteiger partial charge in [0.05, 0.1) is 28.1 Å². The normalized spacial score (nSPS) is 12.8. The number of aryl methyl sites for hydroxylation is 1. The van der Waals surface area contributed by atoms with Crippen molar-refractivity contribution in [1.82, 2.24) is 9.55 Å². The molecular weight excluding hydrogens is 689 g/mol. The van der Waals surface area contributed by atoms with Crippen molar-refractivity contribution in [3.63, 3.8) is 0 Å². The minimum atomic E-state index is -2.98. The SMILES string of the molecule is Cc1ccccc1-c1ccnc(-n2c3ccccc3c3ccc([Si](c4ccccc4)(c4ccccc4)c4cccc(N5ON(C)c6ccccc65)c4)cc32)c1. The molecule has 0 unspecified atom stereocenters. The summed E-state index contributed by atoms with van der Waals surface area (Å²) in [6, 6.07) is 68.2. The van der Waals surface area contributed by atoms with E-state index in [0.717, 1.165) is 39.5 Å². The molecule has 9 aromatic rings. The Balaban J connectivity index is 1.25. The van der Waals surface area contributed by atoms with Crippen LogP contribution in [0, 0.1) is 6.92 Å². The highest BCUT2D eigenvalue weighted by Gasteiger charge is 2.42. The van der Waals surface area contributed by atoms with Gasteiger partial charge in [-0.1, -0.05) is 140 Å². The van der Waals surface area contributed by atoms with Gasteiger partial charge in [-0.05, 0) is 92.9 Å². The van der Waals surface area contributed by atoms with Gasteiger partial charge in [0.15, 0.2) is 8.07 Å². The molecule has 0 spiro atoms. The Hall–Kier alpha value is -6.73. The first-order valence-electron chi connectivity index (χ1n) is 18.7. The van der Waals surface area contributed by atoms with Gasteiger partial charge in [-0.2, -0.15) is 5.06 Å². The van der Waals surface area contributed by atoms with Crippen molar-refractivity contribution in [1.29, 1.82) is 0 Å². The fourth-order valence-corrected chi connectivity index (χ4v) is 13.4. The van der Waals surface area contributed by atoms with Gasteiger partial charge in [-0.3, -0.25) is 4.57 Å². The van der Waals surface area contributed by atoms with Gasteiger partial charge in [0.1, 0.15) is 5.82 Å². The van der Waals surface area contributed by atoms with Crippen LogP contribution in [0.1, 0.15) is 5.56 Å². The Kier molecular flexibility index (Phi) is 7.94. The molecule has 0 N–H and O–H groups in total. The Morgan fingerprint density at radius 3 is 1.93 bits per heavy atom. The third-order valence-electron chi connectivity index (χ3n) is 11.1. The highest BCUT2D eigenvalue weighted by atomic mass is 28.3. The Labute approximate surface area is 321 Å². The number of benzene rings is 7. The number of hydrogen-bond donors (Lipinski definition) is 0. The van der Waals surface area contributed by atoms with Crippen LogP contribution in [-0.2, 0) is 4.94 Å². The van der Waals surface area contributed by atoms with Crippen molar-refractivity contribution in [3.05, 3.63) is 200 Å². The quantitative estimate of drug-likeness (QED) is 0.121. The van der Waals surface area contributed by atoms with E-state index in [1.165, 1.54) is 42.6 Å². The van der Waals surface area contributed by atoms with E-state index in [2.05, 4.69) is 193 Å². The zero-order valence-corrected chi connectivity index (χ0v) is 31.7. The number of hydrogen-bond acceptors (Lipinski definition) is 4. The molecule has 6 heteroatoms. The molecule has 0 atom stereocenters. The second kappa shape index (κ2) is 13.3. The topological polar surface area (TPSA) is 33.5 Å². The molecule has 0 saturated carbocycles. The van der Waals surface area contributed by atoms with Gasteiger partial charge >= 0.3 is 0 Å². The van der Waals surface area contributed by atoms with Crippen LogP contribution in [0.3, 0.4) is 0 Å². The minimum absolute atomic E-state index is 0.895. The molecule has 264 valence electrons. The fourth-order valence-electron chi connectivity index (χ4n) is 8.60. The van der Waals surface area contributed by atoms with Gasteiger partial charge in [0.2, 0.25) is 0 Å². The predicted octanol–water partition coefficient (Wildman–Crippen LogP) is 8.97. The van der Waals surface area contributed by atoms with E-state index in [0.29, 0.717) is 0 Å². The van der Waals surface area contributed by atoms with Crippen LogP contribution in [0.15, 0.2) is 194 Å². The van der Waals surface area contributed by atoms with Gasteiger partial charge in [-0.15, -0.1) is 4.94 Å². The summed E-state index contributed by atoms with van der Waals surface area (Å²) < 4.78 is 2.35. The first kappa shape index (κ1) is 32.9. The van der Waals surface area contributed by atoms with Crippen molar-refractivity contribution in [3.8, 4) is 16.9 Å². The van der Waals surface area contributed by atoms with Gasteiger partial charge in [0, 0.05) is 24.0 Å². The molecular formula is C49H38N4OSi. The van der Waals surface area contributed by atoms with Crippen LogP contribution in [-0.4, -0.2) is 24.7 Å². The van der Waals surface area contributed by atoms with Crippen LogP contribution in [0.2, 0.25) is 0 Å². The number of aromatic nitrogens is 2. The van der Waals surface area contributed by atoms with Crippen molar-refractivity contribution in [2.45, 2.75) is 6.92 Å². The van der Waals surface area contributed by atoms with Crippen LogP contribution in [0.25, 0.3) is 38.8 Å². The second-order valence-electron chi connectivity index (χ2n) is 14.2. The van der Waals surface area contributed by atoms with Gasteiger partial charge < -0.3 is 0 Å². The average molecular weight is 727 g/mol. The molecule has 7 aromatic carbocycles. The molecule has 3 heterocycles. The van der Waals surface area contributed by atoms with E-state index >= 15 is 0 Å². The molecule has 55 heavy (non-hydrogen) atoms. The van der Waals surface area contributed by atoms with Gasteiger partial charge in [-0.25, -0.2) is 10.0 Å². The molecule has 0 bridgehead atoms. The predicted molar refractivity (Wildman–Crippen MR) is 230 cm³/mol. The van der Waals surface area contributed by atoms with Crippen molar-refractivity contribution < 1.29 is 4.94 Å². The third kappa shape index (κ3) is 5.29. The number of nitrogens with zero attached hydrogens (tertiary/aromatic N) is 4. The first-order chi connectivity index (χ1) is 27.1. The Morgan fingerprint density at radius 1 is 0.509 bits per heavy atom. The van der Waals surface area contributed by atoms with Crippen LogP contribution < -0.4 is 30.9 Å². The van der Waals surface area contributed by atoms with Crippen LogP contribution >= 0.6 is 0 Å². The monoisotopic (exact) mass is 726 g/mol. The summed E-state index contributed by atoms with van der Waals surface area (Å²) in [6.07, 6.45) is 1.94. The molecule has 0 fully saturated rings. The number of fused-ring (bicyclic) bond motifs is 4. The maximum atomic E-state index is 6.38. The molecule has 0 amide bonds. The third-order valence-corrected chi connectivity index (χ3v) is 15.9. The number of hydroxylamine groups is 1. The highest BCUT2D eigenvalue weighted by molar-refractivity contribution is 7.20. The number of rotatable bonds is 7. The summed E-state index contributed by atoms with van der Waals surface area (Å²) in [6.45, 7) is 2.17. The maximum Gasteiger partial charge on any atom is 0.179 e. The molecule has 1 aliphatic rings. The summed E-state index contributed by atoms with van der Waals surface area (Å²) >= 11 is 0. The maximum absolute atomic E-state index is 6.38. The fraction of sp³-hybridized carbons (Fsp3) is 0.0408. The minimum Gasteiger partial charge on any atom is -0.294 e. The lowest BCUT2D eigenvalue weighted by atomic mass is 10.0. The highest BCUT2D eigenvalue weighted by Crippen LogP contribution is 2.40. The molecule has 0 aliphatic carbocycles. The molecule has 10 rings (SSSR count). The lowest BCUT2D eigenvalue weighted by Crippen LogP contribution is -2.74. The van der Waals surface area contributed by atoms with E-state index in [1.54, 1.807) is 0 Å². The molecule has 5 nitrogen and oxygen atoms in total. The van der Waals surface area contributed by atoms with E-state index in [-0.39, 0.29) is 0 Å². The first-order valence-corrected chi connectivity index (χ1v) is 20.7. The van der Waals surface area contributed by atoms with E-state index in [4.69, 9.17) is 9.92 Å². The largest absolute Gasteiger partial charge is 0.294 e. The molecule has 2 aromatic heterocycles. The standard InChI is InChI=1S/C49H38N4OSi/c1-35-16-9-10-23-42(35)36-30-31-50-49(32-36)52-45-25-12-11-24-43(45)44-29-28-41(34-48(44)52)55(38-18-5-3-6-19-38,39-20-7-4-8-21-39)40-22-15-17-37(33-40)53-47-27-14-13-26-46(47)51(2)54-53/h3-34H,1-2H3. The van der Waals surface area contributed by atoms with Crippen molar-refractivity contribution in [2.24, 2.45) is 0 Å². The second-order valence-corrected chi connectivity index (χ2v) is 18.0. The van der Waals surface area contributed by atoms with E-state index in [1.807, 2.05) is 29.4 Å². The Bertz CT molecular complexity index is 2810. The number of pyridine rings is 1. The zero-order valence-electron chi connectivity index (χ0n) is 30.7. The van der Waals surface area contributed by atoms with Crippen LogP contribution in [0.5, 0.6) is 0 Å². The smallest absolute Gasteiger partial charge is 0.179 e. The summed E-state index contributed by atoms with van der Waals surface area (Å²) in [5, 5.41) is 11.3. The van der Waals surface area contributed by atoms with E-state index in [9.17, 15) is 0 Å². The van der Waals surface area contributed by atoms with Crippen molar-refractivity contribution >= 4 is 67.7 Å². The molecule has 0 radical (unpaired) electrons. The summed E-state index contributed by atoms with van der Waals surface area (Å²) in [4.78, 5) is 11.4. The number of para-hydroxylation sites is 3. The lowest BCUT2D eigenvalue weighted by molar-refractivity contribution is 0.142. The lowest BCUT2D eigenvalue weighted by Gasteiger charge is -2.35. The Morgan fingerprint density at radius 2 is 1.15 bits per heavy atom. The van der Waals surface area contributed by atoms with Gasteiger partial charge in [0.25, 0.3) is 0 Å². The van der Waals surface area contributed by atoms with E-state index < -0.39 is 8.07 Å². The molecule has 0 saturated heterocycles. The van der Waals surface area contributed by atoms with Crippen molar-refractivity contribution in [2.75, 3.05) is 17.2 Å². The van der Waals surface area contributed by atoms with Crippen LogP contribution in [0.4, 0.5) is 17.1 Å². The zero-order chi connectivity index (χ0) is 36.9. The average Bonchev–Trinajstić information content (AvgIpc) is 3.76. The summed E-state index contributed by atoms with van der Waals surface area (Å²) in [7, 11) is -1.03. The summed E-state index contributed by atoms with van der Waals surface area (Å²) in [5.74, 6) is 0.895. The number of anilines is 3.